The first-order valence-corrected chi connectivity index (χ1v) is 8.78. The number of piperidine rings is 1. The first kappa shape index (κ1) is 17.8. The van der Waals surface area contributed by atoms with E-state index in [2.05, 4.69) is 24.2 Å². The molecule has 23 heavy (non-hydrogen) atoms. The number of nitrogens with zero attached hydrogens (tertiary/aromatic N) is 1. The Kier molecular flexibility index (Phi) is 7.40. The molecule has 1 aromatic rings. The van der Waals surface area contributed by atoms with Gasteiger partial charge in [-0.25, -0.2) is 0 Å². The topological polar surface area (TPSA) is 41.6 Å². The highest BCUT2D eigenvalue weighted by atomic mass is 16.5. The second-order valence-corrected chi connectivity index (χ2v) is 6.65. The van der Waals surface area contributed by atoms with Crippen LogP contribution in [0.3, 0.4) is 0 Å². The molecule has 1 amide bonds. The van der Waals surface area contributed by atoms with Crippen molar-refractivity contribution in [2.75, 3.05) is 33.3 Å². The van der Waals surface area contributed by atoms with Gasteiger partial charge in [0, 0.05) is 13.0 Å². The minimum absolute atomic E-state index is 0.144. The number of rotatable bonds is 8. The Balaban J connectivity index is 1.49. The summed E-state index contributed by atoms with van der Waals surface area (Å²) < 4.78 is 5.64. The number of nitrogens with one attached hydrogen (secondary N) is 1. The highest BCUT2D eigenvalue weighted by Gasteiger charge is 2.16. The van der Waals surface area contributed by atoms with Gasteiger partial charge in [0.15, 0.2) is 0 Å². The fourth-order valence-corrected chi connectivity index (χ4v) is 2.91. The van der Waals surface area contributed by atoms with Crippen LogP contribution in [0.5, 0.6) is 5.75 Å². The van der Waals surface area contributed by atoms with Crippen molar-refractivity contribution in [2.45, 2.75) is 39.0 Å². The maximum absolute atomic E-state index is 11.8. The molecule has 0 bridgehead atoms. The van der Waals surface area contributed by atoms with E-state index in [9.17, 15) is 4.79 Å². The Bertz CT molecular complexity index is 465. The average molecular weight is 318 g/mol. The van der Waals surface area contributed by atoms with Crippen LogP contribution in [0.4, 0.5) is 0 Å². The lowest BCUT2D eigenvalue weighted by molar-refractivity contribution is -0.121. The zero-order chi connectivity index (χ0) is 16.5. The minimum Gasteiger partial charge on any atom is -0.494 e. The van der Waals surface area contributed by atoms with Crippen molar-refractivity contribution in [3.63, 3.8) is 0 Å². The van der Waals surface area contributed by atoms with Crippen LogP contribution < -0.4 is 10.1 Å². The molecule has 0 unspecified atom stereocenters. The molecule has 1 fully saturated rings. The summed E-state index contributed by atoms with van der Waals surface area (Å²) >= 11 is 0. The van der Waals surface area contributed by atoms with Gasteiger partial charge in [-0.2, -0.15) is 0 Å². The summed E-state index contributed by atoms with van der Waals surface area (Å²) in [4.78, 5) is 14.2. The number of hydrogen-bond donors (Lipinski definition) is 1. The molecule has 0 aliphatic carbocycles. The van der Waals surface area contributed by atoms with Gasteiger partial charge in [0.2, 0.25) is 5.91 Å². The molecule has 4 nitrogen and oxygen atoms in total. The molecule has 0 spiro atoms. The third kappa shape index (κ3) is 7.04. The number of hydrogen-bond acceptors (Lipinski definition) is 3. The summed E-state index contributed by atoms with van der Waals surface area (Å²) in [5.74, 6) is 1.79. The zero-order valence-corrected chi connectivity index (χ0v) is 14.5. The molecule has 1 N–H and O–H groups in total. The van der Waals surface area contributed by atoms with E-state index in [-0.39, 0.29) is 5.91 Å². The summed E-state index contributed by atoms with van der Waals surface area (Å²) in [6.45, 7) is 5.83. The molecule has 1 aliphatic heterocycles. The number of likely N-dealkylation sites (tertiary alicyclic amines) is 1. The van der Waals surface area contributed by atoms with E-state index >= 15 is 0 Å². The van der Waals surface area contributed by atoms with E-state index in [1.807, 2.05) is 24.3 Å². The minimum atomic E-state index is 0.144. The molecular weight excluding hydrogens is 288 g/mol. The molecule has 2 rings (SSSR count). The van der Waals surface area contributed by atoms with Crippen molar-refractivity contribution in [3.05, 3.63) is 29.8 Å². The molecule has 4 heteroatoms. The molecule has 1 saturated heterocycles. The fraction of sp³-hybridized carbons (Fsp3) is 0.632. The Morgan fingerprint density at radius 1 is 1.26 bits per heavy atom. The van der Waals surface area contributed by atoms with Gasteiger partial charge in [-0.3, -0.25) is 4.79 Å². The summed E-state index contributed by atoms with van der Waals surface area (Å²) in [6, 6.07) is 8.00. The maximum Gasteiger partial charge on any atom is 0.220 e. The first-order valence-electron chi connectivity index (χ1n) is 8.78. The van der Waals surface area contributed by atoms with Crippen LogP contribution in [-0.4, -0.2) is 44.1 Å². The molecule has 128 valence electrons. The maximum atomic E-state index is 11.8. The number of carbonyl (C=O) groups excluding carboxylic acids is 1. The first-order chi connectivity index (χ1) is 11.1. The number of ether oxygens (including phenoxy) is 1. The normalized spacial score (nSPS) is 16.3. The quantitative estimate of drug-likeness (QED) is 0.749. The highest BCUT2D eigenvalue weighted by molar-refractivity contribution is 5.75. The van der Waals surface area contributed by atoms with E-state index in [1.54, 1.807) is 0 Å². The number of aryl methyl sites for hydroxylation is 1. The van der Waals surface area contributed by atoms with E-state index in [0.717, 1.165) is 31.1 Å². The number of benzene rings is 1. The van der Waals surface area contributed by atoms with Crippen LogP contribution in [-0.2, 0) is 4.79 Å². The average Bonchev–Trinajstić information content (AvgIpc) is 2.55. The summed E-state index contributed by atoms with van der Waals surface area (Å²) in [6.07, 6.45) is 4.93. The second-order valence-electron chi connectivity index (χ2n) is 6.65. The Labute approximate surface area is 140 Å². The van der Waals surface area contributed by atoms with Crippen molar-refractivity contribution in [3.8, 4) is 5.75 Å². The van der Waals surface area contributed by atoms with Gasteiger partial charge in [-0.15, -0.1) is 0 Å². The van der Waals surface area contributed by atoms with Crippen molar-refractivity contribution < 1.29 is 9.53 Å². The summed E-state index contributed by atoms with van der Waals surface area (Å²) in [7, 11) is 2.18. The lowest BCUT2D eigenvalue weighted by Gasteiger charge is -2.28. The Morgan fingerprint density at radius 2 is 1.96 bits per heavy atom. The van der Waals surface area contributed by atoms with Gasteiger partial charge < -0.3 is 15.0 Å². The van der Waals surface area contributed by atoms with Gasteiger partial charge in [0.25, 0.3) is 0 Å². The van der Waals surface area contributed by atoms with Crippen LogP contribution in [0.25, 0.3) is 0 Å². The third-order valence-electron chi connectivity index (χ3n) is 4.55. The van der Waals surface area contributed by atoms with Crippen LogP contribution in [0.15, 0.2) is 24.3 Å². The lowest BCUT2D eigenvalue weighted by Crippen LogP contribution is -2.32. The Hall–Kier alpha value is -1.55. The van der Waals surface area contributed by atoms with E-state index in [0.29, 0.717) is 13.0 Å². The standard InChI is InChI=1S/C19H30N2O2/c1-16-5-7-18(8-6-16)23-15-3-4-19(22)20-12-9-17-10-13-21(2)14-11-17/h5-8,17H,3-4,9-15H2,1-2H3,(H,20,22). The van der Waals surface area contributed by atoms with Gasteiger partial charge in [0.05, 0.1) is 6.61 Å². The second kappa shape index (κ2) is 9.56. The number of amides is 1. The van der Waals surface area contributed by atoms with Crippen molar-refractivity contribution in [1.82, 2.24) is 10.2 Å². The molecule has 0 radical (unpaired) electrons. The summed E-state index contributed by atoms with van der Waals surface area (Å²) in [5, 5.41) is 3.04. The van der Waals surface area contributed by atoms with Crippen molar-refractivity contribution in [1.29, 1.82) is 0 Å². The van der Waals surface area contributed by atoms with E-state index < -0.39 is 0 Å². The highest BCUT2D eigenvalue weighted by Crippen LogP contribution is 2.18. The van der Waals surface area contributed by atoms with E-state index in [4.69, 9.17) is 4.74 Å². The smallest absolute Gasteiger partial charge is 0.220 e. The van der Waals surface area contributed by atoms with E-state index in [1.165, 1.54) is 31.5 Å². The predicted molar refractivity (Wildman–Crippen MR) is 93.8 cm³/mol. The van der Waals surface area contributed by atoms with Gasteiger partial charge in [-0.05, 0) is 70.8 Å². The molecule has 1 heterocycles. The fourth-order valence-electron chi connectivity index (χ4n) is 2.91. The SMILES string of the molecule is Cc1ccc(OCCCC(=O)NCCC2CCN(C)CC2)cc1. The van der Waals surface area contributed by atoms with Gasteiger partial charge in [-0.1, -0.05) is 17.7 Å². The zero-order valence-electron chi connectivity index (χ0n) is 14.5. The molecule has 0 saturated carbocycles. The number of carbonyl (C=O) groups is 1. The van der Waals surface area contributed by atoms with Crippen molar-refractivity contribution in [2.24, 2.45) is 5.92 Å². The van der Waals surface area contributed by atoms with Crippen LogP contribution >= 0.6 is 0 Å². The molecule has 1 aliphatic rings. The third-order valence-corrected chi connectivity index (χ3v) is 4.55. The lowest BCUT2D eigenvalue weighted by atomic mass is 9.94. The molecule has 0 aromatic heterocycles. The van der Waals surface area contributed by atoms with Gasteiger partial charge in [0.1, 0.15) is 5.75 Å². The molecular formula is C19H30N2O2. The summed E-state index contributed by atoms with van der Waals surface area (Å²) in [5.41, 5.74) is 1.22. The largest absolute Gasteiger partial charge is 0.494 e. The molecule has 1 aromatic carbocycles. The van der Waals surface area contributed by atoms with Crippen LogP contribution in [0, 0.1) is 12.8 Å². The van der Waals surface area contributed by atoms with Crippen molar-refractivity contribution >= 4 is 5.91 Å². The Morgan fingerprint density at radius 3 is 2.65 bits per heavy atom. The predicted octanol–water partition coefficient (Wildman–Crippen LogP) is 3.00. The van der Waals surface area contributed by atoms with Crippen LogP contribution in [0.2, 0.25) is 0 Å². The monoisotopic (exact) mass is 318 g/mol. The molecule has 0 atom stereocenters. The van der Waals surface area contributed by atoms with Crippen LogP contribution in [0.1, 0.15) is 37.7 Å². The van der Waals surface area contributed by atoms with Gasteiger partial charge >= 0.3 is 0 Å².